The Morgan fingerprint density at radius 3 is 2.16 bits per heavy atom. The number of nitro benzene ring substituents is 1. The van der Waals surface area contributed by atoms with Crippen molar-refractivity contribution in [3.05, 3.63) is 124 Å². The zero-order valence-corrected chi connectivity index (χ0v) is 23.5. The van der Waals surface area contributed by atoms with Crippen LogP contribution in [-0.4, -0.2) is 32.7 Å². The number of carbonyl (C=O) groups excluding carboxylic acids is 2. The van der Waals surface area contributed by atoms with Gasteiger partial charge in [-0.05, 0) is 59.7 Å². The molecule has 1 aliphatic heterocycles. The summed E-state index contributed by atoms with van der Waals surface area (Å²) in [7, 11) is 0. The first-order valence-electron chi connectivity index (χ1n) is 13.1. The van der Waals surface area contributed by atoms with Gasteiger partial charge in [-0.1, -0.05) is 42.5 Å². The molecule has 13 heteroatoms. The predicted molar refractivity (Wildman–Crippen MR) is 158 cm³/mol. The van der Waals surface area contributed by atoms with Crippen LogP contribution in [0.25, 0.3) is 0 Å². The molecule has 1 N–H and O–H groups in total. The first kappa shape index (κ1) is 29.1. The van der Waals surface area contributed by atoms with Gasteiger partial charge >= 0.3 is 17.4 Å². The molecule has 1 saturated heterocycles. The predicted octanol–water partition coefficient (Wildman–Crippen LogP) is 5.53. The minimum Gasteiger partial charge on any atom is -0.489 e. The van der Waals surface area contributed by atoms with Crippen molar-refractivity contribution in [2.45, 2.75) is 19.6 Å². The molecule has 0 saturated carbocycles. The molecule has 4 aromatic rings. The highest BCUT2D eigenvalue weighted by Crippen LogP contribution is 2.24. The van der Waals surface area contributed by atoms with Gasteiger partial charge in [0.05, 0.1) is 10.6 Å². The highest BCUT2D eigenvalue weighted by molar-refractivity contribution is 7.81. The van der Waals surface area contributed by atoms with Gasteiger partial charge in [0.1, 0.15) is 24.7 Å². The second-order valence-electron chi connectivity index (χ2n) is 9.27. The zero-order chi connectivity index (χ0) is 30.2. The summed E-state index contributed by atoms with van der Waals surface area (Å²) in [6.45, 7) is 0.681. The molecule has 0 bridgehead atoms. The Balaban J connectivity index is 1.06. The van der Waals surface area contributed by atoms with Gasteiger partial charge in [0.2, 0.25) is 0 Å². The summed E-state index contributed by atoms with van der Waals surface area (Å²) in [4.78, 5) is 35.2. The molecule has 1 atom stereocenters. The van der Waals surface area contributed by atoms with Crippen molar-refractivity contribution in [3.8, 4) is 11.5 Å². The molecule has 43 heavy (non-hydrogen) atoms. The highest BCUT2D eigenvalue weighted by Gasteiger charge is 2.35. The molecule has 12 nitrogen and oxygen atoms in total. The maximum atomic E-state index is 12.7. The van der Waals surface area contributed by atoms with E-state index in [0.29, 0.717) is 18.0 Å². The van der Waals surface area contributed by atoms with Crippen LogP contribution in [0.1, 0.15) is 17.5 Å². The van der Waals surface area contributed by atoms with Crippen molar-refractivity contribution in [2.75, 3.05) is 16.3 Å². The standard InChI is InChI=1S/C30H26N4O8S/c35-29-18-19-32(25-4-2-1-3-5-25)33(29)30(36)41-21-23-8-14-27(15-9-23)40-20-22-6-10-24(11-7-22)31-43(39)42-28-16-12-26(13-17-28)34(37)38/h1-17,31H,18-21H2. The normalized spacial score (nSPS) is 13.3. The molecule has 1 aliphatic rings. The number of nitrogens with zero attached hydrogens (tertiary/aromatic N) is 3. The maximum absolute atomic E-state index is 12.7. The number of hydrogen-bond acceptors (Lipinski definition) is 9. The largest absolute Gasteiger partial charge is 0.489 e. The summed E-state index contributed by atoms with van der Waals surface area (Å²) < 4.78 is 31.4. The van der Waals surface area contributed by atoms with Crippen molar-refractivity contribution in [3.63, 3.8) is 0 Å². The van der Waals surface area contributed by atoms with Crippen LogP contribution >= 0.6 is 0 Å². The maximum Gasteiger partial charge on any atom is 0.436 e. The van der Waals surface area contributed by atoms with Gasteiger partial charge in [-0.25, -0.2) is 4.79 Å². The van der Waals surface area contributed by atoms with Gasteiger partial charge in [0.15, 0.2) is 0 Å². The number of non-ortho nitro benzene ring substituents is 1. The molecule has 5 rings (SSSR count). The van der Waals surface area contributed by atoms with Crippen molar-refractivity contribution in [1.29, 1.82) is 0 Å². The Kier molecular flexibility index (Phi) is 9.12. The number of benzene rings is 4. The third-order valence-electron chi connectivity index (χ3n) is 6.31. The van der Waals surface area contributed by atoms with Gasteiger partial charge in [-0.15, -0.1) is 0 Å². The monoisotopic (exact) mass is 602 g/mol. The average molecular weight is 603 g/mol. The number of carbonyl (C=O) groups is 2. The first-order chi connectivity index (χ1) is 20.9. The summed E-state index contributed by atoms with van der Waals surface area (Å²) in [6.07, 6.45) is -0.501. The average Bonchev–Trinajstić information content (AvgIpc) is 3.42. The minimum absolute atomic E-state index is 0.00470. The number of hydrogen-bond donors (Lipinski definition) is 1. The summed E-state index contributed by atoms with van der Waals surface area (Å²) in [5.41, 5.74) is 2.79. The number of para-hydroxylation sites is 1. The van der Waals surface area contributed by atoms with Crippen LogP contribution < -0.4 is 18.7 Å². The SMILES string of the molecule is O=C1CCN(c2ccccc2)N1C(=O)OCc1ccc(OCc2ccc(NS(=O)Oc3ccc([N+](=O)[O-])cc3)cc2)cc1. The number of anilines is 2. The summed E-state index contributed by atoms with van der Waals surface area (Å²) >= 11 is -1.90. The van der Waals surface area contributed by atoms with E-state index in [0.717, 1.165) is 21.8 Å². The molecule has 0 aromatic heterocycles. The molecule has 2 amide bonds. The van der Waals surface area contributed by atoms with E-state index in [9.17, 15) is 23.9 Å². The smallest absolute Gasteiger partial charge is 0.436 e. The number of nitro groups is 1. The fourth-order valence-electron chi connectivity index (χ4n) is 4.14. The van der Waals surface area contributed by atoms with Crippen molar-refractivity contribution in [1.82, 2.24) is 5.01 Å². The number of amides is 2. The fraction of sp³-hybridized carbons (Fsp3) is 0.133. The van der Waals surface area contributed by atoms with Crippen LogP contribution in [0.4, 0.5) is 21.9 Å². The van der Waals surface area contributed by atoms with Crippen LogP contribution in [0, 0.1) is 10.1 Å². The number of hydrazine groups is 1. The van der Waals surface area contributed by atoms with Crippen LogP contribution in [0.15, 0.2) is 103 Å². The van der Waals surface area contributed by atoms with Crippen molar-refractivity contribution < 1.29 is 32.4 Å². The summed E-state index contributed by atoms with van der Waals surface area (Å²) in [5, 5.41) is 13.4. The minimum atomic E-state index is -1.90. The van der Waals surface area contributed by atoms with E-state index in [1.54, 1.807) is 53.5 Å². The Bertz CT molecular complexity index is 1600. The van der Waals surface area contributed by atoms with E-state index < -0.39 is 22.3 Å². The van der Waals surface area contributed by atoms with Crippen LogP contribution in [0.3, 0.4) is 0 Å². The van der Waals surface area contributed by atoms with Gasteiger partial charge in [0.25, 0.3) is 11.6 Å². The van der Waals surface area contributed by atoms with E-state index in [2.05, 4.69) is 4.72 Å². The number of nitrogens with one attached hydrogen (secondary N) is 1. The van der Waals surface area contributed by atoms with Gasteiger partial charge in [-0.2, -0.15) is 9.22 Å². The molecule has 1 heterocycles. The quantitative estimate of drug-likeness (QED) is 0.173. The molecule has 0 aliphatic carbocycles. The van der Waals surface area contributed by atoms with Gasteiger partial charge in [-0.3, -0.25) is 24.6 Å². The Labute approximate surface area is 249 Å². The lowest BCUT2D eigenvalue weighted by Crippen LogP contribution is -2.44. The molecule has 0 spiro atoms. The van der Waals surface area contributed by atoms with Crippen LogP contribution in [0.5, 0.6) is 11.5 Å². The Morgan fingerprint density at radius 1 is 0.860 bits per heavy atom. The summed E-state index contributed by atoms with van der Waals surface area (Å²) in [5.74, 6) is 0.520. The topological polar surface area (TPSA) is 141 Å². The van der Waals surface area contributed by atoms with Gasteiger partial charge < -0.3 is 13.7 Å². The molecular formula is C30H26N4O8S. The molecule has 1 fully saturated rings. The van der Waals surface area contributed by atoms with Crippen LogP contribution in [0.2, 0.25) is 0 Å². The third-order valence-corrected chi connectivity index (χ3v) is 7.05. The van der Waals surface area contributed by atoms with E-state index in [1.165, 1.54) is 24.3 Å². The Hall–Kier alpha value is -5.43. The van der Waals surface area contributed by atoms with Gasteiger partial charge in [0, 0.05) is 30.8 Å². The second-order valence-corrected chi connectivity index (χ2v) is 10.1. The van der Waals surface area contributed by atoms with Crippen LogP contribution in [-0.2, 0) is 34.0 Å². The molecule has 0 radical (unpaired) electrons. The van der Waals surface area contributed by atoms with Crippen molar-refractivity contribution in [2.24, 2.45) is 0 Å². The zero-order valence-electron chi connectivity index (χ0n) is 22.7. The fourth-order valence-corrected chi connectivity index (χ4v) is 4.79. The van der Waals surface area contributed by atoms with E-state index in [-0.39, 0.29) is 37.0 Å². The number of imide groups is 1. The molecule has 220 valence electrons. The lowest BCUT2D eigenvalue weighted by atomic mass is 10.2. The number of rotatable bonds is 11. The molecule has 1 unspecified atom stereocenters. The van der Waals surface area contributed by atoms with E-state index >= 15 is 0 Å². The Morgan fingerprint density at radius 2 is 1.49 bits per heavy atom. The molecular weight excluding hydrogens is 576 g/mol. The van der Waals surface area contributed by atoms with Crippen molar-refractivity contribution >= 4 is 40.3 Å². The highest BCUT2D eigenvalue weighted by atomic mass is 32.2. The second kappa shape index (κ2) is 13.5. The van der Waals surface area contributed by atoms with E-state index in [4.69, 9.17) is 13.7 Å². The first-order valence-corrected chi connectivity index (χ1v) is 14.2. The summed E-state index contributed by atoms with van der Waals surface area (Å²) in [6, 6.07) is 28.6. The van der Waals surface area contributed by atoms with E-state index in [1.807, 2.05) is 30.3 Å². The molecule has 4 aromatic carbocycles. The lowest BCUT2D eigenvalue weighted by molar-refractivity contribution is -0.384. The lowest BCUT2D eigenvalue weighted by Gasteiger charge is -2.27. The third kappa shape index (κ3) is 7.65. The number of ether oxygens (including phenoxy) is 2.